The van der Waals surface area contributed by atoms with Crippen molar-refractivity contribution in [3.05, 3.63) is 59.9 Å². The Bertz CT molecular complexity index is 640. The van der Waals surface area contributed by atoms with Crippen LogP contribution in [-0.2, 0) is 11.4 Å². The van der Waals surface area contributed by atoms with Gasteiger partial charge in [0.25, 0.3) is 5.91 Å². The van der Waals surface area contributed by atoms with Crippen molar-refractivity contribution in [1.29, 1.82) is 0 Å². The van der Waals surface area contributed by atoms with E-state index in [0.717, 1.165) is 24.3 Å². The molecule has 0 radical (unpaired) electrons. The topological polar surface area (TPSA) is 54.5 Å². The summed E-state index contributed by atoms with van der Waals surface area (Å²) in [6.07, 6.45) is 5.35. The van der Waals surface area contributed by atoms with Crippen LogP contribution < -0.4 is 10.4 Å². The third-order valence-corrected chi connectivity index (χ3v) is 3.94. The highest BCUT2D eigenvalue weighted by Gasteiger charge is 2.14. The molecular formula is C18H21N3O2. The number of nitrogens with one attached hydrogen (secondary N) is 1. The normalized spacial score (nSPS) is 14.5. The number of aromatic nitrogens is 1. The lowest BCUT2D eigenvalue weighted by atomic mass is 10.1. The Balaban J connectivity index is 1.56. The number of hydroxylamine groups is 1. The van der Waals surface area contributed by atoms with Gasteiger partial charge in [-0.1, -0.05) is 30.3 Å². The minimum atomic E-state index is -0.320. The first-order valence-corrected chi connectivity index (χ1v) is 8.00. The molecule has 1 aromatic carbocycles. The van der Waals surface area contributed by atoms with Crippen LogP contribution in [0.4, 0.5) is 5.69 Å². The lowest BCUT2D eigenvalue weighted by Crippen LogP contribution is -2.30. The third kappa shape index (κ3) is 4.29. The van der Waals surface area contributed by atoms with Gasteiger partial charge in [0.15, 0.2) is 0 Å². The molecule has 120 valence electrons. The highest BCUT2D eigenvalue weighted by atomic mass is 16.6. The van der Waals surface area contributed by atoms with Crippen LogP contribution in [0.1, 0.15) is 35.3 Å². The van der Waals surface area contributed by atoms with Gasteiger partial charge in [0, 0.05) is 25.0 Å². The molecule has 1 fully saturated rings. The molecule has 1 aliphatic rings. The molecule has 0 aliphatic carbocycles. The smallest absolute Gasteiger partial charge is 0.293 e. The molecule has 1 aromatic heterocycles. The van der Waals surface area contributed by atoms with Gasteiger partial charge in [-0.05, 0) is 37.0 Å². The molecule has 0 atom stereocenters. The predicted molar refractivity (Wildman–Crippen MR) is 89.0 cm³/mol. The fourth-order valence-electron chi connectivity index (χ4n) is 2.70. The summed E-state index contributed by atoms with van der Waals surface area (Å²) in [7, 11) is 0. The Labute approximate surface area is 136 Å². The van der Waals surface area contributed by atoms with Crippen molar-refractivity contribution < 1.29 is 9.63 Å². The fraction of sp³-hybridized carbons (Fsp3) is 0.333. The van der Waals surface area contributed by atoms with Crippen LogP contribution in [-0.4, -0.2) is 24.0 Å². The van der Waals surface area contributed by atoms with E-state index in [-0.39, 0.29) is 5.91 Å². The molecular weight excluding hydrogens is 290 g/mol. The lowest BCUT2D eigenvalue weighted by Gasteiger charge is -2.28. The SMILES string of the molecule is O=C(NOCc1ccccc1)c1cc(N2CCCCC2)ccn1. The number of amides is 1. The Morgan fingerprint density at radius 3 is 2.70 bits per heavy atom. The van der Waals surface area contributed by atoms with Gasteiger partial charge in [-0.3, -0.25) is 14.6 Å². The number of carbonyl (C=O) groups excluding carboxylic acids is 1. The van der Waals surface area contributed by atoms with Crippen LogP contribution in [0.3, 0.4) is 0 Å². The number of hydrogen-bond donors (Lipinski definition) is 1. The zero-order chi connectivity index (χ0) is 15.9. The van der Waals surface area contributed by atoms with Crippen LogP contribution in [0.25, 0.3) is 0 Å². The summed E-state index contributed by atoms with van der Waals surface area (Å²) < 4.78 is 0. The Hall–Kier alpha value is -2.40. The van der Waals surface area contributed by atoms with Gasteiger partial charge in [-0.25, -0.2) is 5.48 Å². The number of benzene rings is 1. The molecule has 1 amide bonds. The van der Waals surface area contributed by atoms with Gasteiger partial charge in [0.2, 0.25) is 0 Å². The molecule has 23 heavy (non-hydrogen) atoms. The molecule has 2 aromatic rings. The van der Waals surface area contributed by atoms with Crippen LogP contribution >= 0.6 is 0 Å². The van der Waals surface area contributed by atoms with Gasteiger partial charge >= 0.3 is 0 Å². The van der Waals surface area contributed by atoms with Crippen molar-refractivity contribution in [3.8, 4) is 0 Å². The van der Waals surface area contributed by atoms with E-state index in [0.29, 0.717) is 12.3 Å². The Morgan fingerprint density at radius 2 is 1.91 bits per heavy atom. The Morgan fingerprint density at radius 1 is 1.13 bits per heavy atom. The summed E-state index contributed by atoms with van der Waals surface area (Å²) in [5, 5.41) is 0. The van der Waals surface area contributed by atoms with Gasteiger partial charge in [0.05, 0.1) is 6.61 Å². The molecule has 0 unspecified atom stereocenters. The van der Waals surface area contributed by atoms with Gasteiger partial charge < -0.3 is 4.90 Å². The molecule has 1 aliphatic heterocycles. The maximum atomic E-state index is 12.2. The van der Waals surface area contributed by atoms with E-state index in [2.05, 4.69) is 15.4 Å². The molecule has 1 saturated heterocycles. The van der Waals surface area contributed by atoms with Gasteiger partial charge in [0.1, 0.15) is 5.69 Å². The highest BCUT2D eigenvalue weighted by molar-refractivity contribution is 5.92. The van der Waals surface area contributed by atoms with Crippen LogP contribution in [0.15, 0.2) is 48.7 Å². The minimum absolute atomic E-state index is 0.320. The molecule has 1 N–H and O–H groups in total. The predicted octanol–water partition coefficient (Wildman–Crippen LogP) is 2.93. The third-order valence-electron chi connectivity index (χ3n) is 3.94. The number of piperidine rings is 1. The van der Waals surface area contributed by atoms with Crippen molar-refractivity contribution in [2.75, 3.05) is 18.0 Å². The van der Waals surface area contributed by atoms with E-state index in [1.54, 1.807) is 6.20 Å². The Kier molecular flexibility index (Phi) is 5.21. The largest absolute Gasteiger partial charge is 0.371 e. The number of nitrogens with zero attached hydrogens (tertiary/aromatic N) is 2. The average molecular weight is 311 g/mol. The second-order valence-corrected chi connectivity index (χ2v) is 5.65. The number of hydrogen-bond acceptors (Lipinski definition) is 4. The summed E-state index contributed by atoms with van der Waals surface area (Å²) >= 11 is 0. The lowest BCUT2D eigenvalue weighted by molar-refractivity contribution is 0.0229. The van der Waals surface area contributed by atoms with Crippen LogP contribution in [0.2, 0.25) is 0 Å². The fourth-order valence-corrected chi connectivity index (χ4v) is 2.70. The molecule has 2 heterocycles. The van der Waals surface area contributed by atoms with Crippen LogP contribution in [0.5, 0.6) is 0 Å². The van der Waals surface area contributed by atoms with E-state index in [9.17, 15) is 4.79 Å². The number of anilines is 1. The van der Waals surface area contributed by atoms with Crippen molar-refractivity contribution >= 4 is 11.6 Å². The summed E-state index contributed by atoms with van der Waals surface area (Å²) in [6.45, 7) is 2.41. The zero-order valence-electron chi connectivity index (χ0n) is 13.1. The first-order valence-electron chi connectivity index (χ1n) is 8.00. The molecule has 0 saturated carbocycles. The average Bonchev–Trinajstić information content (AvgIpc) is 2.63. The quantitative estimate of drug-likeness (QED) is 0.863. The van der Waals surface area contributed by atoms with Crippen molar-refractivity contribution in [2.24, 2.45) is 0 Å². The maximum absolute atomic E-state index is 12.2. The zero-order valence-corrected chi connectivity index (χ0v) is 13.1. The van der Waals surface area contributed by atoms with Crippen molar-refractivity contribution in [1.82, 2.24) is 10.5 Å². The van der Waals surface area contributed by atoms with E-state index >= 15 is 0 Å². The van der Waals surface area contributed by atoms with E-state index < -0.39 is 0 Å². The van der Waals surface area contributed by atoms with E-state index in [4.69, 9.17) is 4.84 Å². The summed E-state index contributed by atoms with van der Waals surface area (Å²) in [6, 6.07) is 13.5. The van der Waals surface area contributed by atoms with Crippen LogP contribution in [0, 0.1) is 0 Å². The maximum Gasteiger partial charge on any atom is 0.293 e. The first kappa shape index (κ1) is 15.5. The number of rotatable bonds is 5. The molecule has 5 nitrogen and oxygen atoms in total. The second kappa shape index (κ2) is 7.74. The standard InChI is InChI=1S/C18H21N3O2/c22-18(20-23-14-15-7-3-1-4-8-15)17-13-16(9-10-19-17)21-11-5-2-6-12-21/h1,3-4,7-10,13H,2,5-6,11-12,14H2,(H,20,22). The summed E-state index contributed by atoms with van der Waals surface area (Å²) in [5.74, 6) is -0.320. The highest BCUT2D eigenvalue weighted by Crippen LogP contribution is 2.19. The molecule has 0 bridgehead atoms. The van der Waals surface area contributed by atoms with E-state index in [1.807, 2.05) is 42.5 Å². The summed E-state index contributed by atoms with van der Waals surface area (Å²) in [5.41, 5.74) is 4.89. The molecule has 3 rings (SSSR count). The minimum Gasteiger partial charge on any atom is -0.371 e. The second-order valence-electron chi connectivity index (χ2n) is 5.65. The number of carbonyl (C=O) groups is 1. The first-order chi connectivity index (χ1) is 11.3. The van der Waals surface area contributed by atoms with Gasteiger partial charge in [-0.15, -0.1) is 0 Å². The van der Waals surface area contributed by atoms with Crippen molar-refractivity contribution in [2.45, 2.75) is 25.9 Å². The summed E-state index contributed by atoms with van der Waals surface area (Å²) in [4.78, 5) is 23.9. The molecule has 5 heteroatoms. The monoisotopic (exact) mass is 311 g/mol. The van der Waals surface area contributed by atoms with E-state index in [1.165, 1.54) is 19.3 Å². The molecule has 0 spiro atoms. The van der Waals surface area contributed by atoms with Crippen molar-refractivity contribution in [3.63, 3.8) is 0 Å². The number of pyridine rings is 1. The van der Waals surface area contributed by atoms with Gasteiger partial charge in [-0.2, -0.15) is 0 Å².